The fourth-order valence-electron chi connectivity index (χ4n) is 18.6. The molecule has 12 aliphatic carbocycles. The number of benzene rings is 3. The van der Waals surface area contributed by atoms with Crippen molar-refractivity contribution in [3.63, 3.8) is 0 Å². The van der Waals surface area contributed by atoms with Gasteiger partial charge in [-0.15, -0.1) is 0 Å². The number of carbonyl (C=O) groups excluding carboxylic acids is 1. The van der Waals surface area contributed by atoms with E-state index < -0.39 is 17.7 Å². The van der Waals surface area contributed by atoms with Crippen molar-refractivity contribution in [3.8, 4) is 57.2 Å². The first-order valence-electron chi connectivity index (χ1n) is 30.8. The maximum absolute atomic E-state index is 12.5. The van der Waals surface area contributed by atoms with Gasteiger partial charge in [0.15, 0.2) is 34.8 Å². The third-order valence-corrected chi connectivity index (χ3v) is 21.4. The SMILES string of the molecule is C/C=C/c1cnc(-c2cc(OC)c(O)c(C34CC5CC(CC(C5)C3)C4)c2)nc1.O=C(O)/C=C/c1cnc(-c2ccc(O)c(C34CC5CC(C3)C(=O)C(C5)C4)c2)nc1.O=C(O)/C=C/c1cnc(-c2ccc(O)c(C34CC5CC(C3)C(O)(O)C(C5)C4)c2)nc1. The molecule has 0 spiro atoms. The van der Waals surface area contributed by atoms with E-state index in [4.69, 9.17) is 14.9 Å². The largest absolute Gasteiger partial charge is 0.508 e. The zero-order valence-electron chi connectivity index (χ0n) is 49.0. The molecule has 12 aliphatic rings. The fourth-order valence-corrected chi connectivity index (χ4v) is 18.6. The van der Waals surface area contributed by atoms with E-state index in [1.54, 1.807) is 56.2 Å². The molecule has 0 saturated heterocycles. The van der Waals surface area contributed by atoms with E-state index in [0.29, 0.717) is 70.6 Å². The van der Waals surface area contributed by atoms with Gasteiger partial charge in [0.05, 0.1) is 7.11 Å². The third kappa shape index (κ3) is 11.0. The Morgan fingerprint density at radius 2 is 0.874 bits per heavy atom. The molecular weight excluding hydrogens is 1100 g/mol. The number of allylic oxidation sites excluding steroid dienone is 1. The molecule has 6 aromatic rings. The molecule has 87 heavy (non-hydrogen) atoms. The van der Waals surface area contributed by atoms with Crippen molar-refractivity contribution in [2.45, 2.75) is 132 Å². The predicted octanol–water partition coefficient (Wildman–Crippen LogP) is 11.7. The summed E-state index contributed by atoms with van der Waals surface area (Å²) >= 11 is 0. The van der Waals surface area contributed by atoms with Crippen LogP contribution in [0.5, 0.6) is 23.0 Å². The second-order valence-electron chi connectivity index (χ2n) is 27.0. The molecule has 12 saturated carbocycles. The van der Waals surface area contributed by atoms with Crippen LogP contribution in [0, 0.1) is 53.3 Å². The minimum atomic E-state index is -1.60. The van der Waals surface area contributed by atoms with Crippen LogP contribution < -0.4 is 4.74 Å². The van der Waals surface area contributed by atoms with E-state index in [1.807, 2.05) is 49.7 Å². The van der Waals surface area contributed by atoms with Gasteiger partial charge in [0.25, 0.3) is 0 Å². The number of aromatic nitrogens is 6. The number of phenols is 3. The topological polar surface area (TPSA) is 279 Å². The van der Waals surface area contributed by atoms with Crippen LogP contribution in [-0.2, 0) is 30.6 Å². The van der Waals surface area contributed by atoms with Gasteiger partial charge in [-0.3, -0.25) is 4.79 Å². The molecule has 18 rings (SSSR count). The van der Waals surface area contributed by atoms with Crippen LogP contribution in [-0.4, -0.2) is 96.3 Å². The molecule has 12 bridgehead atoms. The van der Waals surface area contributed by atoms with Gasteiger partial charge in [0.2, 0.25) is 0 Å². The summed E-state index contributed by atoms with van der Waals surface area (Å²) in [4.78, 5) is 60.4. The Bertz CT molecular complexity index is 3680. The number of carbonyl (C=O) groups is 3. The minimum absolute atomic E-state index is 0.0903. The van der Waals surface area contributed by atoms with Gasteiger partial charge in [-0.05, 0) is 205 Å². The average Bonchev–Trinajstić information content (AvgIpc) is 0.751. The monoisotopic (exact) mass is 1170 g/mol. The zero-order chi connectivity index (χ0) is 60.6. The van der Waals surface area contributed by atoms with E-state index in [0.717, 1.165) is 120 Å². The van der Waals surface area contributed by atoms with Gasteiger partial charge in [-0.2, -0.15) is 0 Å². The summed E-state index contributed by atoms with van der Waals surface area (Å²) in [6.07, 6.45) is 35.2. The fraction of sp³-hybridized carbons (Fsp3) is 0.443. The smallest absolute Gasteiger partial charge is 0.328 e. The van der Waals surface area contributed by atoms with Crippen molar-refractivity contribution in [1.82, 2.24) is 29.9 Å². The molecule has 0 amide bonds. The minimum Gasteiger partial charge on any atom is -0.508 e. The van der Waals surface area contributed by atoms with E-state index >= 15 is 0 Å². The van der Waals surface area contributed by atoms with Crippen LogP contribution in [0.1, 0.15) is 143 Å². The first-order chi connectivity index (χ1) is 41.8. The number of nitrogens with zero attached hydrogens (tertiary/aromatic N) is 6. The second-order valence-corrected chi connectivity index (χ2v) is 27.0. The van der Waals surface area contributed by atoms with Crippen molar-refractivity contribution >= 4 is 35.9 Å². The molecule has 7 N–H and O–H groups in total. The number of aromatic hydroxyl groups is 3. The number of ether oxygens (including phenoxy) is 1. The third-order valence-electron chi connectivity index (χ3n) is 21.4. The van der Waals surface area contributed by atoms with Crippen LogP contribution in [0.4, 0.5) is 0 Å². The summed E-state index contributed by atoms with van der Waals surface area (Å²) in [6.45, 7) is 1.98. The molecule has 450 valence electrons. The lowest BCUT2D eigenvalue weighted by Gasteiger charge is -2.61. The maximum Gasteiger partial charge on any atom is 0.328 e. The molecule has 3 aromatic heterocycles. The summed E-state index contributed by atoms with van der Waals surface area (Å²) < 4.78 is 5.56. The predicted molar refractivity (Wildman–Crippen MR) is 324 cm³/mol. The number of carboxylic acids is 2. The molecule has 0 aliphatic heterocycles. The number of phenolic OH excluding ortho intramolecular Hbond substituents is 3. The molecule has 17 heteroatoms. The number of hydrogen-bond acceptors (Lipinski definition) is 15. The van der Waals surface area contributed by atoms with Crippen LogP contribution in [0.2, 0.25) is 0 Å². The molecule has 4 atom stereocenters. The first kappa shape index (κ1) is 57.9. The van der Waals surface area contributed by atoms with E-state index in [9.17, 15) is 39.9 Å². The van der Waals surface area contributed by atoms with Gasteiger partial charge in [0.1, 0.15) is 17.3 Å². The maximum atomic E-state index is 12.5. The number of rotatable bonds is 12. The molecule has 3 heterocycles. The van der Waals surface area contributed by atoms with Gasteiger partial charge >= 0.3 is 11.9 Å². The Hall–Kier alpha value is -8.15. The summed E-state index contributed by atoms with van der Waals surface area (Å²) in [5.74, 6) is 3.26. The summed E-state index contributed by atoms with van der Waals surface area (Å²) in [5, 5.41) is 71.1. The van der Waals surface area contributed by atoms with Crippen molar-refractivity contribution in [3.05, 3.63) is 137 Å². The second kappa shape index (κ2) is 22.5. The van der Waals surface area contributed by atoms with Crippen LogP contribution in [0.15, 0.2) is 104 Å². The standard InChI is InChI=1S/C24H28N2O2.C23H24N2O5.C23H22N2O4/c1-3-4-15-13-25-23(26-14-15)19-8-20(22(27)21(9-19)28-2)24-10-16-5-17(11-24)7-18(6-16)12-24;26-19-3-2-15(21-24-11-13(12-25-21)1-4-20(27)28)7-18(19)22-8-14-5-16(9-22)23(29,30)17(6-14)10-22;26-19-3-2-15(22-24-11-13(12-25-22)1-4-20(27)28)7-18(19)23-8-14-5-16(9-23)21(29)17(6-14)10-23/h3-4,8-9,13-14,16-18,27H,5-7,10-12H2,1-2H3;1-4,7,11-12,14,16-17,26,29-30H,5-6,8-10H2,(H,27,28);1-4,7,11-12,14,16-17,26H,5-6,8-10H2,(H,27,28)/b4-3+;2*4-1+. The highest BCUT2D eigenvalue weighted by Gasteiger charge is 2.62. The van der Waals surface area contributed by atoms with Crippen molar-refractivity contribution < 1.29 is 54.9 Å². The number of ketones is 1. The van der Waals surface area contributed by atoms with Crippen molar-refractivity contribution in [2.24, 2.45) is 53.3 Å². The van der Waals surface area contributed by atoms with E-state index in [1.165, 1.54) is 50.7 Å². The molecule has 0 radical (unpaired) electrons. The number of aliphatic carboxylic acids is 2. The number of methoxy groups -OCH3 is 1. The lowest BCUT2D eigenvalue weighted by atomic mass is 9.46. The van der Waals surface area contributed by atoms with Crippen LogP contribution in [0.3, 0.4) is 0 Å². The Kier molecular flexibility index (Phi) is 15.0. The number of aliphatic hydroxyl groups is 2. The van der Waals surface area contributed by atoms with Crippen LogP contribution in [0.25, 0.3) is 52.4 Å². The van der Waals surface area contributed by atoms with Gasteiger partial charge < -0.3 is 40.5 Å². The molecule has 3 aromatic carbocycles. The van der Waals surface area contributed by atoms with Crippen LogP contribution >= 0.6 is 0 Å². The lowest BCUT2D eigenvalue weighted by Crippen LogP contribution is -2.62. The Balaban J connectivity index is 0.000000121. The summed E-state index contributed by atoms with van der Waals surface area (Å²) in [7, 11) is 1.62. The molecule has 17 nitrogen and oxygen atoms in total. The summed E-state index contributed by atoms with van der Waals surface area (Å²) in [6, 6.07) is 14.8. The van der Waals surface area contributed by atoms with E-state index in [2.05, 4.69) is 36.0 Å². The highest BCUT2D eigenvalue weighted by atomic mass is 16.5. The van der Waals surface area contributed by atoms with Gasteiger partial charge in [0, 0.05) is 134 Å². The van der Waals surface area contributed by atoms with Crippen molar-refractivity contribution in [2.75, 3.05) is 7.11 Å². The molecular formula is C70H74N6O11. The average molecular weight is 1180 g/mol. The normalized spacial score (nSPS) is 30.8. The highest BCUT2D eigenvalue weighted by Crippen LogP contribution is 2.66. The van der Waals surface area contributed by atoms with Gasteiger partial charge in [-0.1, -0.05) is 12.2 Å². The number of carboxylic acid groups (broad SMARTS) is 2. The summed E-state index contributed by atoms with van der Waals surface area (Å²) in [5.41, 5.74) is 7.21. The number of Topliss-reactive ketones (excluding diaryl/α,β-unsaturated/α-hetero) is 1. The zero-order valence-corrected chi connectivity index (χ0v) is 49.0. The molecule has 12 fully saturated rings. The Labute approximate surface area is 505 Å². The van der Waals surface area contributed by atoms with Gasteiger partial charge in [-0.25, -0.2) is 39.5 Å². The quantitative estimate of drug-likeness (QED) is 0.0443. The van der Waals surface area contributed by atoms with E-state index in [-0.39, 0.29) is 51.4 Å². The Morgan fingerprint density at radius 1 is 0.494 bits per heavy atom. The highest BCUT2D eigenvalue weighted by molar-refractivity contribution is 5.87. The Morgan fingerprint density at radius 3 is 1.30 bits per heavy atom. The first-order valence-corrected chi connectivity index (χ1v) is 30.8. The van der Waals surface area contributed by atoms with Crippen molar-refractivity contribution in [1.29, 1.82) is 0 Å². The molecule has 4 unspecified atom stereocenters. The lowest BCUT2D eigenvalue weighted by molar-refractivity contribution is -0.297. The number of hydrogen-bond donors (Lipinski definition) is 7.